The molecule has 1 amide bonds. The molecule has 0 aromatic heterocycles. The molecule has 0 spiro atoms. The molecule has 1 aliphatic rings. The molecule has 104 valence electrons. The highest BCUT2D eigenvalue weighted by Gasteiger charge is 2.32. The summed E-state index contributed by atoms with van der Waals surface area (Å²) < 4.78 is 0. The van der Waals surface area contributed by atoms with Gasteiger partial charge >= 0.3 is 0 Å². The van der Waals surface area contributed by atoms with E-state index in [0.29, 0.717) is 12.5 Å². The van der Waals surface area contributed by atoms with Gasteiger partial charge in [0, 0.05) is 17.6 Å². The fourth-order valence-corrected chi connectivity index (χ4v) is 2.31. The first kappa shape index (κ1) is 14.4. The Morgan fingerprint density at radius 2 is 2.05 bits per heavy atom. The molecule has 1 saturated carbocycles. The maximum atomic E-state index is 11.6. The van der Waals surface area contributed by atoms with Gasteiger partial charge in [0.1, 0.15) is 0 Å². The lowest BCUT2D eigenvalue weighted by atomic mass is 10.0. The zero-order valence-corrected chi connectivity index (χ0v) is 12.0. The van der Waals surface area contributed by atoms with Crippen molar-refractivity contribution in [1.82, 2.24) is 10.6 Å². The van der Waals surface area contributed by atoms with Gasteiger partial charge in [0.15, 0.2) is 0 Å². The van der Waals surface area contributed by atoms with Gasteiger partial charge < -0.3 is 10.6 Å². The van der Waals surface area contributed by atoms with Crippen molar-refractivity contribution in [1.29, 1.82) is 0 Å². The third kappa shape index (κ3) is 4.51. The summed E-state index contributed by atoms with van der Waals surface area (Å²) in [5.41, 5.74) is 1.22. The van der Waals surface area contributed by atoms with Crippen molar-refractivity contribution in [3.8, 4) is 0 Å². The van der Waals surface area contributed by atoms with Crippen molar-refractivity contribution in [2.24, 2.45) is 5.92 Å². The molecule has 1 aliphatic carbocycles. The van der Waals surface area contributed by atoms with Gasteiger partial charge in [-0.15, -0.1) is 0 Å². The fourth-order valence-electron chi connectivity index (χ4n) is 2.19. The minimum absolute atomic E-state index is 0.0708. The molecule has 19 heavy (non-hydrogen) atoms. The lowest BCUT2D eigenvalue weighted by molar-refractivity contribution is -0.120. The smallest absolute Gasteiger partial charge is 0.233 e. The average Bonchev–Trinajstić information content (AvgIpc) is 3.23. The van der Waals surface area contributed by atoms with E-state index >= 15 is 0 Å². The first-order valence-electron chi connectivity index (χ1n) is 6.96. The molecule has 4 heteroatoms. The topological polar surface area (TPSA) is 41.1 Å². The van der Waals surface area contributed by atoms with E-state index in [-0.39, 0.29) is 11.9 Å². The van der Waals surface area contributed by atoms with Crippen LogP contribution in [0.1, 0.15) is 37.8 Å². The number of rotatable bonds is 7. The van der Waals surface area contributed by atoms with Gasteiger partial charge in [0.25, 0.3) is 0 Å². The first-order valence-corrected chi connectivity index (χ1v) is 7.34. The molecular formula is C15H21ClN2O. The predicted molar refractivity (Wildman–Crippen MR) is 78.2 cm³/mol. The van der Waals surface area contributed by atoms with Crippen molar-refractivity contribution in [3.05, 3.63) is 34.9 Å². The Bertz CT molecular complexity index is 415. The molecule has 0 heterocycles. The van der Waals surface area contributed by atoms with E-state index in [2.05, 4.69) is 17.6 Å². The van der Waals surface area contributed by atoms with Crippen LogP contribution in [0.4, 0.5) is 0 Å². The van der Waals surface area contributed by atoms with Crippen molar-refractivity contribution < 1.29 is 4.79 Å². The quantitative estimate of drug-likeness (QED) is 0.806. The summed E-state index contributed by atoms with van der Waals surface area (Å²) in [6, 6.07) is 8.17. The predicted octanol–water partition coefficient (Wildman–Crippen LogP) is 2.91. The van der Waals surface area contributed by atoms with Gasteiger partial charge in [-0.1, -0.05) is 30.7 Å². The number of carbonyl (C=O) groups excluding carboxylic acids is 1. The summed E-state index contributed by atoms with van der Waals surface area (Å²) >= 11 is 5.91. The Balaban J connectivity index is 1.90. The van der Waals surface area contributed by atoms with Gasteiger partial charge in [-0.2, -0.15) is 0 Å². The van der Waals surface area contributed by atoms with Crippen LogP contribution < -0.4 is 10.6 Å². The van der Waals surface area contributed by atoms with Crippen LogP contribution in [0.5, 0.6) is 0 Å². The zero-order valence-electron chi connectivity index (χ0n) is 11.3. The summed E-state index contributed by atoms with van der Waals surface area (Å²) in [6.07, 6.45) is 3.43. The molecule has 1 unspecified atom stereocenters. The van der Waals surface area contributed by atoms with Gasteiger partial charge in [-0.3, -0.25) is 4.79 Å². The highest BCUT2D eigenvalue weighted by Crippen LogP contribution is 2.41. The largest absolute Gasteiger partial charge is 0.355 e. The van der Waals surface area contributed by atoms with Crippen LogP contribution in [-0.2, 0) is 4.79 Å². The second kappa shape index (κ2) is 6.92. The number of amides is 1. The van der Waals surface area contributed by atoms with E-state index in [9.17, 15) is 4.79 Å². The molecule has 0 radical (unpaired) electrons. The minimum Gasteiger partial charge on any atom is -0.355 e. The van der Waals surface area contributed by atoms with Gasteiger partial charge in [-0.25, -0.2) is 0 Å². The van der Waals surface area contributed by atoms with E-state index < -0.39 is 0 Å². The minimum atomic E-state index is 0.0708. The Labute approximate surface area is 119 Å². The SMILES string of the molecule is CCCNC(=O)CNC(c1ccc(Cl)cc1)C1CC1. The number of carbonyl (C=O) groups is 1. The summed E-state index contributed by atoms with van der Waals surface area (Å²) in [4.78, 5) is 11.6. The molecule has 3 nitrogen and oxygen atoms in total. The molecule has 1 atom stereocenters. The Morgan fingerprint density at radius 3 is 2.63 bits per heavy atom. The van der Waals surface area contributed by atoms with Crippen LogP contribution in [0.25, 0.3) is 0 Å². The van der Waals surface area contributed by atoms with E-state index in [1.807, 2.05) is 24.3 Å². The van der Waals surface area contributed by atoms with Crippen molar-refractivity contribution >= 4 is 17.5 Å². The number of halogens is 1. The van der Waals surface area contributed by atoms with E-state index in [1.165, 1.54) is 18.4 Å². The lowest BCUT2D eigenvalue weighted by Gasteiger charge is -2.18. The molecule has 2 rings (SSSR count). The molecular weight excluding hydrogens is 260 g/mol. The normalized spacial score (nSPS) is 16.1. The number of nitrogens with one attached hydrogen (secondary N) is 2. The Morgan fingerprint density at radius 1 is 1.37 bits per heavy atom. The number of hydrogen-bond donors (Lipinski definition) is 2. The summed E-state index contributed by atoms with van der Waals surface area (Å²) in [6.45, 7) is 3.17. The van der Waals surface area contributed by atoms with Crippen LogP contribution in [-0.4, -0.2) is 19.0 Å². The average molecular weight is 281 g/mol. The number of hydrogen-bond acceptors (Lipinski definition) is 2. The zero-order chi connectivity index (χ0) is 13.7. The maximum Gasteiger partial charge on any atom is 0.233 e. The first-order chi connectivity index (χ1) is 9.20. The van der Waals surface area contributed by atoms with Crippen molar-refractivity contribution in [2.45, 2.75) is 32.2 Å². The molecule has 2 N–H and O–H groups in total. The third-order valence-electron chi connectivity index (χ3n) is 3.38. The fraction of sp³-hybridized carbons (Fsp3) is 0.533. The number of benzene rings is 1. The summed E-state index contributed by atoms with van der Waals surface area (Å²) in [7, 11) is 0. The molecule has 0 saturated heterocycles. The summed E-state index contributed by atoms with van der Waals surface area (Å²) in [5, 5.41) is 7.01. The van der Waals surface area contributed by atoms with Crippen molar-refractivity contribution in [3.63, 3.8) is 0 Å². The molecule has 0 aliphatic heterocycles. The van der Waals surface area contributed by atoms with Crippen LogP contribution in [0.15, 0.2) is 24.3 Å². The molecule has 0 bridgehead atoms. The van der Waals surface area contributed by atoms with Crippen LogP contribution >= 0.6 is 11.6 Å². The van der Waals surface area contributed by atoms with Gasteiger partial charge in [0.05, 0.1) is 6.54 Å². The Kier molecular flexibility index (Phi) is 5.23. The van der Waals surface area contributed by atoms with Crippen LogP contribution in [0, 0.1) is 5.92 Å². The molecule has 1 aromatic carbocycles. The third-order valence-corrected chi connectivity index (χ3v) is 3.63. The van der Waals surface area contributed by atoms with E-state index in [1.54, 1.807) is 0 Å². The monoisotopic (exact) mass is 280 g/mol. The highest BCUT2D eigenvalue weighted by molar-refractivity contribution is 6.30. The van der Waals surface area contributed by atoms with E-state index in [4.69, 9.17) is 11.6 Å². The lowest BCUT2D eigenvalue weighted by Crippen LogP contribution is -2.36. The standard InChI is InChI=1S/C15H21ClN2O/c1-2-9-17-14(19)10-18-15(11-3-4-11)12-5-7-13(16)8-6-12/h5-8,11,15,18H,2-4,9-10H2,1H3,(H,17,19). The Hall–Kier alpha value is -1.06. The second-order valence-electron chi connectivity index (χ2n) is 5.10. The van der Waals surface area contributed by atoms with E-state index in [0.717, 1.165) is 18.0 Å². The summed E-state index contributed by atoms with van der Waals surface area (Å²) in [5.74, 6) is 0.724. The second-order valence-corrected chi connectivity index (χ2v) is 5.53. The maximum absolute atomic E-state index is 11.6. The molecule has 1 aromatic rings. The van der Waals surface area contributed by atoms with Crippen LogP contribution in [0.3, 0.4) is 0 Å². The molecule has 1 fully saturated rings. The van der Waals surface area contributed by atoms with Gasteiger partial charge in [0.2, 0.25) is 5.91 Å². The van der Waals surface area contributed by atoms with Crippen molar-refractivity contribution in [2.75, 3.05) is 13.1 Å². The van der Waals surface area contributed by atoms with Crippen LogP contribution in [0.2, 0.25) is 5.02 Å². The van der Waals surface area contributed by atoms with Gasteiger partial charge in [-0.05, 0) is 42.9 Å². The highest BCUT2D eigenvalue weighted by atomic mass is 35.5.